The second-order valence-corrected chi connectivity index (χ2v) is 7.50. The average Bonchev–Trinajstić information content (AvgIpc) is 3.11. The number of H-pyrrole nitrogens is 1. The van der Waals surface area contributed by atoms with Crippen LogP contribution in [-0.2, 0) is 0 Å². The Morgan fingerprint density at radius 2 is 1.54 bits per heavy atom. The number of Topliss-reactive ketones (excluding diaryl/α,β-unsaturated/α-hetero) is 2. The number of aromatic nitrogens is 1. The molecule has 4 nitrogen and oxygen atoms in total. The van der Waals surface area contributed by atoms with E-state index >= 15 is 0 Å². The average molecular weight is 374 g/mol. The zero-order valence-corrected chi connectivity index (χ0v) is 16.5. The van der Waals surface area contributed by atoms with Gasteiger partial charge in [-0.05, 0) is 30.5 Å². The van der Waals surface area contributed by atoms with E-state index in [-0.39, 0.29) is 0 Å². The third kappa shape index (κ3) is 3.03. The first-order valence-electron chi connectivity index (χ1n) is 10.2. The number of unbranched alkanes of at least 4 members (excludes halogenated alkanes) is 2. The molecule has 0 spiro atoms. The molecule has 1 aromatic heterocycles. The highest BCUT2D eigenvalue weighted by atomic mass is 16.2. The lowest BCUT2D eigenvalue weighted by molar-refractivity contribution is 0.0813. The van der Waals surface area contributed by atoms with Crippen LogP contribution >= 0.6 is 0 Å². The molecule has 1 aliphatic carbocycles. The SMILES string of the molecule is CCCCN(CCCC)c1ccc2c3c([nH]c2c1)C(=O)C(=O)c1ccccc1-3. The predicted octanol–water partition coefficient (Wildman–Crippen LogP) is 5.62. The minimum atomic E-state index is -0.444. The Kier molecular flexibility index (Phi) is 5.03. The maximum Gasteiger partial charge on any atom is 0.250 e. The summed E-state index contributed by atoms with van der Waals surface area (Å²) in [6.45, 7) is 6.48. The second kappa shape index (κ2) is 7.63. The summed E-state index contributed by atoms with van der Waals surface area (Å²) >= 11 is 0. The van der Waals surface area contributed by atoms with Crippen LogP contribution in [0, 0.1) is 0 Å². The highest BCUT2D eigenvalue weighted by Crippen LogP contribution is 2.39. The molecule has 4 rings (SSSR count). The van der Waals surface area contributed by atoms with Gasteiger partial charge in [-0.2, -0.15) is 0 Å². The van der Waals surface area contributed by atoms with E-state index in [1.54, 1.807) is 12.1 Å². The Balaban J connectivity index is 1.81. The summed E-state index contributed by atoms with van der Waals surface area (Å²) in [7, 11) is 0. The number of carbonyl (C=O) groups excluding carboxylic acids is 2. The van der Waals surface area contributed by atoms with Crippen molar-refractivity contribution in [2.75, 3.05) is 18.0 Å². The van der Waals surface area contributed by atoms with Crippen LogP contribution in [0.3, 0.4) is 0 Å². The lowest BCUT2D eigenvalue weighted by atomic mass is 9.86. The number of aromatic amines is 1. The quantitative estimate of drug-likeness (QED) is 0.546. The molecular weight excluding hydrogens is 348 g/mol. The number of anilines is 1. The molecule has 1 N–H and O–H groups in total. The van der Waals surface area contributed by atoms with Crippen molar-refractivity contribution in [2.24, 2.45) is 0 Å². The van der Waals surface area contributed by atoms with Crippen LogP contribution in [0.5, 0.6) is 0 Å². The van der Waals surface area contributed by atoms with E-state index in [0.29, 0.717) is 11.3 Å². The molecule has 144 valence electrons. The Bertz CT molecular complexity index is 1040. The van der Waals surface area contributed by atoms with Crippen LogP contribution in [0.4, 0.5) is 5.69 Å². The molecule has 0 bridgehead atoms. The van der Waals surface area contributed by atoms with Crippen molar-refractivity contribution in [2.45, 2.75) is 39.5 Å². The smallest absolute Gasteiger partial charge is 0.250 e. The lowest BCUT2D eigenvalue weighted by Gasteiger charge is -2.24. The maximum absolute atomic E-state index is 12.7. The van der Waals surface area contributed by atoms with Crippen molar-refractivity contribution in [3.63, 3.8) is 0 Å². The summed E-state index contributed by atoms with van der Waals surface area (Å²) in [4.78, 5) is 30.8. The minimum Gasteiger partial charge on any atom is -0.371 e. The summed E-state index contributed by atoms with van der Waals surface area (Å²) in [5, 5.41) is 0.998. The highest BCUT2D eigenvalue weighted by Gasteiger charge is 2.33. The zero-order chi connectivity index (χ0) is 19.7. The first-order valence-corrected chi connectivity index (χ1v) is 10.2. The van der Waals surface area contributed by atoms with Gasteiger partial charge in [0, 0.05) is 40.8 Å². The number of ketones is 2. The molecule has 0 radical (unpaired) electrons. The second-order valence-electron chi connectivity index (χ2n) is 7.50. The zero-order valence-electron chi connectivity index (χ0n) is 16.5. The van der Waals surface area contributed by atoms with Crippen molar-refractivity contribution in [3.8, 4) is 11.1 Å². The first kappa shape index (κ1) is 18.5. The molecule has 2 aromatic carbocycles. The van der Waals surface area contributed by atoms with Crippen molar-refractivity contribution in [1.29, 1.82) is 0 Å². The molecule has 4 heteroatoms. The van der Waals surface area contributed by atoms with Gasteiger partial charge in [0.2, 0.25) is 11.6 Å². The molecule has 1 aliphatic rings. The number of benzene rings is 2. The normalized spacial score (nSPS) is 12.9. The molecule has 0 unspecified atom stereocenters. The first-order chi connectivity index (χ1) is 13.7. The van der Waals surface area contributed by atoms with E-state index in [4.69, 9.17) is 0 Å². The van der Waals surface area contributed by atoms with Gasteiger partial charge in [0.25, 0.3) is 0 Å². The predicted molar refractivity (Wildman–Crippen MR) is 114 cm³/mol. The Labute approximate surface area is 165 Å². The molecule has 0 fully saturated rings. The number of carbonyl (C=O) groups is 2. The summed E-state index contributed by atoms with van der Waals surface area (Å²) in [5.74, 6) is -0.873. The fourth-order valence-corrected chi connectivity index (χ4v) is 4.04. The highest BCUT2D eigenvalue weighted by molar-refractivity contribution is 6.53. The molecule has 0 amide bonds. The minimum absolute atomic E-state index is 0.421. The van der Waals surface area contributed by atoms with Crippen molar-refractivity contribution in [1.82, 2.24) is 4.98 Å². The van der Waals surface area contributed by atoms with Gasteiger partial charge < -0.3 is 9.88 Å². The fraction of sp³-hybridized carbons (Fsp3) is 0.333. The monoisotopic (exact) mass is 374 g/mol. The molecule has 0 saturated heterocycles. The van der Waals surface area contributed by atoms with Gasteiger partial charge in [-0.15, -0.1) is 0 Å². The van der Waals surface area contributed by atoms with Crippen LogP contribution in [-0.4, -0.2) is 29.6 Å². The van der Waals surface area contributed by atoms with Crippen LogP contribution in [0.2, 0.25) is 0 Å². The number of hydrogen-bond acceptors (Lipinski definition) is 3. The van der Waals surface area contributed by atoms with E-state index < -0.39 is 11.6 Å². The van der Waals surface area contributed by atoms with Gasteiger partial charge in [0.1, 0.15) is 0 Å². The summed E-state index contributed by atoms with van der Waals surface area (Å²) in [6, 6.07) is 13.7. The van der Waals surface area contributed by atoms with E-state index in [1.165, 1.54) is 5.69 Å². The third-order valence-electron chi connectivity index (χ3n) is 5.58. The number of nitrogens with one attached hydrogen (secondary N) is 1. The Hall–Kier alpha value is -2.88. The van der Waals surface area contributed by atoms with Crippen LogP contribution in [0.15, 0.2) is 42.5 Å². The number of fused-ring (bicyclic) bond motifs is 5. The molecule has 0 aliphatic heterocycles. The summed E-state index contributed by atoms with van der Waals surface area (Å²) < 4.78 is 0. The molecular formula is C24H26N2O2. The van der Waals surface area contributed by atoms with Gasteiger partial charge in [0.15, 0.2) is 0 Å². The van der Waals surface area contributed by atoms with Crippen molar-refractivity contribution < 1.29 is 9.59 Å². The number of rotatable bonds is 7. The van der Waals surface area contributed by atoms with Crippen LogP contribution in [0.1, 0.15) is 60.4 Å². The van der Waals surface area contributed by atoms with Gasteiger partial charge >= 0.3 is 0 Å². The third-order valence-corrected chi connectivity index (χ3v) is 5.58. The number of hydrogen-bond donors (Lipinski definition) is 1. The summed E-state index contributed by atoms with van der Waals surface area (Å²) in [6.07, 6.45) is 4.64. The molecule has 0 saturated carbocycles. The molecule has 1 heterocycles. The number of nitrogens with zero attached hydrogens (tertiary/aromatic N) is 1. The van der Waals surface area contributed by atoms with E-state index in [1.807, 2.05) is 12.1 Å². The lowest BCUT2D eigenvalue weighted by Crippen LogP contribution is -2.25. The molecule has 3 aromatic rings. The molecule has 0 atom stereocenters. The van der Waals surface area contributed by atoms with Gasteiger partial charge in [0.05, 0.1) is 5.69 Å². The fourth-order valence-electron chi connectivity index (χ4n) is 4.04. The van der Waals surface area contributed by atoms with Gasteiger partial charge in [-0.25, -0.2) is 0 Å². The van der Waals surface area contributed by atoms with Crippen molar-refractivity contribution >= 4 is 28.2 Å². The Morgan fingerprint density at radius 1 is 0.857 bits per heavy atom. The van der Waals surface area contributed by atoms with Gasteiger partial charge in [-0.3, -0.25) is 9.59 Å². The topological polar surface area (TPSA) is 53.2 Å². The van der Waals surface area contributed by atoms with Crippen LogP contribution < -0.4 is 4.90 Å². The van der Waals surface area contributed by atoms with Crippen molar-refractivity contribution in [3.05, 3.63) is 53.7 Å². The largest absolute Gasteiger partial charge is 0.371 e. The van der Waals surface area contributed by atoms with Gasteiger partial charge in [-0.1, -0.05) is 57.0 Å². The van der Waals surface area contributed by atoms with Crippen LogP contribution in [0.25, 0.3) is 22.0 Å². The van der Waals surface area contributed by atoms with E-state index in [9.17, 15) is 9.59 Å². The molecule has 28 heavy (non-hydrogen) atoms. The Morgan fingerprint density at radius 3 is 2.21 bits per heavy atom. The maximum atomic E-state index is 12.7. The van der Waals surface area contributed by atoms with E-state index in [0.717, 1.165) is 60.8 Å². The van der Waals surface area contributed by atoms with E-state index in [2.05, 4.69) is 41.9 Å². The summed E-state index contributed by atoms with van der Waals surface area (Å²) in [5.41, 5.74) is 4.70. The standard InChI is InChI=1S/C24H26N2O2/c1-3-5-13-26(14-6-4-2)16-11-12-19-20(15-16)25-22-21(19)17-9-7-8-10-18(17)23(27)24(22)28/h7-12,15,25H,3-6,13-14H2,1-2H3.